The number of hydrogen-bond acceptors (Lipinski definition) is 4. The zero-order chi connectivity index (χ0) is 22.0. The molecule has 1 unspecified atom stereocenters. The lowest BCUT2D eigenvalue weighted by Gasteiger charge is -2.18. The number of aromatic nitrogens is 1. The van der Waals surface area contributed by atoms with Gasteiger partial charge in [0, 0.05) is 44.5 Å². The zero-order valence-electron chi connectivity index (χ0n) is 16.9. The number of nitrogens with zero attached hydrogens (tertiary/aromatic N) is 3. The van der Waals surface area contributed by atoms with Gasteiger partial charge in [0.25, 0.3) is 0 Å². The minimum Gasteiger partial charge on any atom is -0.357 e. The van der Waals surface area contributed by atoms with E-state index in [9.17, 15) is 22.8 Å². The molecule has 2 aliphatic rings. The molecule has 0 spiro atoms. The fraction of sp³-hybridized carbons (Fsp3) is 0.409. The summed E-state index contributed by atoms with van der Waals surface area (Å²) in [5.74, 6) is -0.355. The molecule has 6 nitrogen and oxygen atoms in total. The molecule has 1 aromatic carbocycles. The van der Waals surface area contributed by atoms with Crippen LogP contribution in [0.4, 0.5) is 24.7 Å². The summed E-state index contributed by atoms with van der Waals surface area (Å²) in [5.41, 5.74) is 0.169. The van der Waals surface area contributed by atoms with Crippen LogP contribution in [-0.2, 0) is 22.3 Å². The van der Waals surface area contributed by atoms with Crippen molar-refractivity contribution in [3.63, 3.8) is 0 Å². The van der Waals surface area contributed by atoms with Gasteiger partial charge in [0.15, 0.2) is 0 Å². The smallest absolute Gasteiger partial charge is 0.357 e. The van der Waals surface area contributed by atoms with E-state index in [1.54, 1.807) is 6.20 Å². The van der Waals surface area contributed by atoms with E-state index < -0.39 is 17.7 Å². The van der Waals surface area contributed by atoms with Gasteiger partial charge in [-0.3, -0.25) is 9.59 Å². The van der Waals surface area contributed by atoms with Crippen LogP contribution in [0.2, 0.25) is 0 Å². The van der Waals surface area contributed by atoms with Gasteiger partial charge >= 0.3 is 6.18 Å². The van der Waals surface area contributed by atoms with Crippen molar-refractivity contribution in [1.82, 2.24) is 10.3 Å². The Balaban J connectivity index is 1.34. The van der Waals surface area contributed by atoms with Gasteiger partial charge in [-0.25, -0.2) is 4.98 Å². The van der Waals surface area contributed by atoms with Gasteiger partial charge < -0.3 is 15.1 Å². The Hall–Kier alpha value is -3.10. The Morgan fingerprint density at radius 1 is 1.16 bits per heavy atom. The number of benzene rings is 1. The quantitative estimate of drug-likeness (QED) is 0.787. The highest BCUT2D eigenvalue weighted by atomic mass is 19.4. The predicted octanol–water partition coefficient (Wildman–Crippen LogP) is 3.37. The van der Waals surface area contributed by atoms with E-state index in [4.69, 9.17) is 0 Å². The molecule has 2 fully saturated rings. The lowest BCUT2D eigenvalue weighted by atomic mass is 10.1. The molecule has 164 valence electrons. The number of alkyl halides is 3. The van der Waals surface area contributed by atoms with Crippen molar-refractivity contribution in [2.45, 2.75) is 32.0 Å². The van der Waals surface area contributed by atoms with Gasteiger partial charge in [0.05, 0.1) is 11.5 Å². The van der Waals surface area contributed by atoms with Crippen molar-refractivity contribution in [1.29, 1.82) is 0 Å². The van der Waals surface area contributed by atoms with Crippen LogP contribution in [-0.4, -0.2) is 36.4 Å². The topological polar surface area (TPSA) is 65.5 Å². The van der Waals surface area contributed by atoms with Gasteiger partial charge in [0.1, 0.15) is 5.82 Å². The van der Waals surface area contributed by atoms with Crippen molar-refractivity contribution in [2.75, 3.05) is 29.4 Å². The average molecular weight is 432 g/mol. The number of hydrogen-bond donors (Lipinski definition) is 1. The maximum atomic E-state index is 13.0. The number of amides is 2. The highest BCUT2D eigenvalue weighted by molar-refractivity contribution is 6.00. The Labute approximate surface area is 178 Å². The number of halogens is 3. The lowest BCUT2D eigenvalue weighted by Crippen LogP contribution is -2.32. The number of pyridine rings is 1. The molecule has 4 rings (SSSR count). The van der Waals surface area contributed by atoms with Crippen LogP contribution < -0.4 is 15.1 Å². The molecule has 31 heavy (non-hydrogen) atoms. The van der Waals surface area contributed by atoms with Crippen molar-refractivity contribution < 1.29 is 22.8 Å². The third-order valence-electron chi connectivity index (χ3n) is 5.69. The molecule has 2 saturated heterocycles. The van der Waals surface area contributed by atoms with Gasteiger partial charge in [-0.2, -0.15) is 13.2 Å². The fourth-order valence-electron chi connectivity index (χ4n) is 3.97. The maximum Gasteiger partial charge on any atom is 0.416 e. The first kappa shape index (κ1) is 21.1. The number of carbonyl (C=O) groups is 2. The van der Waals surface area contributed by atoms with Crippen molar-refractivity contribution >= 4 is 23.3 Å². The van der Waals surface area contributed by atoms with Crippen molar-refractivity contribution in [3.05, 3.63) is 53.7 Å². The summed E-state index contributed by atoms with van der Waals surface area (Å²) in [7, 11) is 0. The summed E-state index contributed by atoms with van der Waals surface area (Å²) in [4.78, 5) is 32.8. The molecule has 2 amide bonds. The highest BCUT2D eigenvalue weighted by Crippen LogP contribution is 2.33. The summed E-state index contributed by atoms with van der Waals surface area (Å²) in [5, 5.41) is 2.81. The zero-order valence-corrected chi connectivity index (χ0v) is 16.9. The molecular weight excluding hydrogens is 409 g/mol. The van der Waals surface area contributed by atoms with E-state index in [0.717, 1.165) is 49.4 Å². The standard InChI is InChI=1S/C22H23F3N4O2/c23-22(24,25)17-4-3-5-18(11-17)29-14-16(10-20(29)30)21(31)27-13-15-6-7-19(26-12-15)28-8-1-2-9-28/h3-7,11-12,16H,1-2,8-10,13-14H2,(H,27,31). The summed E-state index contributed by atoms with van der Waals surface area (Å²) in [6.07, 6.45) is -0.473. The second-order valence-corrected chi connectivity index (χ2v) is 7.89. The maximum absolute atomic E-state index is 13.0. The van der Waals surface area contributed by atoms with E-state index in [-0.39, 0.29) is 37.0 Å². The van der Waals surface area contributed by atoms with Gasteiger partial charge in [0.2, 0.25) is 11.8 Å². The molecule has 1 aromatic heterocycles. The molecule has 2 aliphatic heterocycles. The fourth-order valence-corrected chi connectivity index (χ4v) is 3.97. The Morgan fingerprint density at radius 3 is 2.61 bits per heavy atom. The van der Waals surface area contributed by atoms with Crippen LogP contribution in [0.25, 0.3) is 0 Å². The monoisotopic (exact) mass is 432 g/mol. The first-order chi connectivity index (χ1) is 14.8. The summed E-state index contributed by atoms with van der Waals surface area (Å²) in [6.45, 7) is 2.33. The summed E-state index contributed by atoms with van der Waals surface area (Å²) in [6, 6.07) is 8.44. The first-order valence-corrected chi connectivity index (χ1v) is 10.3. The second-order valence-electron chi connectivity index (χ2n) is 7.89. The number of nitrogens with one attached hydrogen (secondary N) is 1. The lowest BCUT2D eigenvalue weighted by molar-refractivity contribution is -0.137. The minimum absolute atomic E-state index is 0.0335. The van der Waals surface area contributed by atoms with Gasteiger partial charge in [-0.15, -0.1) is 0 Å². The minimum atomic E-state index is -4.49. The van der Waals surface area contributed by atoms with Crippen LogP contribution in [0, 0.1) is 5.92 Å². The molecule has 0 saturated carbocycles. The molecule has 1 atom stereocenters. The largest absolute Gasteiger partial charge is 0.416 e. The van der Waals surface area contributed by atoms with Crippen LogP contribution in [0.15, 0.2) is 42.6 Å². The summed E-state index contributed by atoms with van der Waals surface area (Å²) < 4.78 is 38.9. The molecular formula is C22H23F3N4O2. The first-order valence-electron chi connectivity index (χ1n) is 10.3. The Bertz CT molecular complexity index is 956. The summed E-state index contributed by atoms with van der Waals surface area (Å²) >= 11 is 0. The van der Waals surface area contributed by atoms with Gasteiger partial charge in [-0.1, -0.05) is 12.1 Å². The van der Waals surface area contributed by atoms with E-state index in [1.807, 2.05) is 12.1 Å². The third kappa shape index (κ3) is 4.81. The Kier molecular flexibility index (Phi) is 5.84. The van der Waals surface area contributed by atoms with E-state index >= 15 is 0 Å². The van der Waals surface area contributed by atoms with Gasteiger partial charge in [-0.05, 0) is 42.7 Å². The molecule has 0 radical (unpaired) electrons. The third-order valence-corrected chi connectivity index (χ3v) is 5.69. The molecule has 0 bridgehead atoms. The van der Waals surface area contributed by atoms with Crippen molar-refractivity contribution in [3.8, 4) is 0 Å². The van der Waals surface area contributed by atoms with Crippen molar-refractivity contribution in [2.24, 2.45) is 5.92 Å². The highest BCUT2D eigenvalue weighted by Gasteiger charge is 2.36. The SMILES string of the molecule is O=C(NCc1ccc(N2CCCC2)nc1)C1CC(=O)N(c2cccc(C(F)(F)F)c2)C1. The Morgan fingerprint density at radius 2 is 1.94 bits per heavy atom. The number of anilines is 2. The normalized spacial score (nSPS) is 19.2. The van der Waals surface area contributed by atoms with Crippen LogP contribution in [0.3, 0.4) is 0 Å². The molecule has 2 aromatic rings. The number of rotatable bonds is 5. The van der Waals surface area contributed by atoms with Crippen LogP contribution in [0.1, 0.15) is 30.4 Å². The molecule has 9 heteroatoms. The number of carbonyl (C=O) groups excluding carboxylic acids is 2. The predicted molar refractivity (Wildman–Crippen MR) is 109 cm³/mol. The molecule has 3 heterocycles. The van der Waals surface area contributed by atoms with Crippen LogP contribution >= 0.6 is 0 Å². The molecule has 0 aliphatic carbocycles. The average Bonchev–Trinajstić information content (AvgIpc) is 3.42. The molecule has 1 N–H and O–H groups in total. The van der Waals surface area contributed by atoms with E-state index in [1.165, 1.54) is 17.0 Å². The van der Waals surface area contributed by atoms with E-state index in [2.05, 4.69) is 15.2 Å². The van der Waals surface area contributed by atoms with E-state index in [0.29, 0.717) is 0 Å². The second kappa shape index (κ2) is 8.56. The van der Waals surface area contributed by atoms with Crippen LogP contribution in [0.5, 0.6) is 0 Å².